The van der Waals surface area contributed by atoms with Gasteiger partial charge in [0.25, 0.3) is 0 Å². The summed E-state index contributed by atoms with van der Waals surface area (Å²) >= 11 is 0. The molecule has 5 heteroatoms. The summed E-state index contributed by atoms with van der Waals surface area (Å²) in [6.07, 6.45) is 0.578. The molecule has 1 heterocycles. The topological polar surface area (TPSA) is 35.6 Å². The first-order valence-electron chi connectivity index (χ1n) is 5.64. The number of hydrogen-bond donors (Lipinski definition) is 1. The maximum Gasteiger partial charge on any atom is 0.211 e. The fraction of sp³-hybridized carbons (Fsp3) is 0.417. The summed E-state index contributed by atoms with van der Waals surface area (Å²) in [5.74, 6) is -0.341. The van der Waals surface area contributed by atoms with Crippen LogP contribution in [0, 0.1) is 5.82 Å². The minimum atomic E-state index is -0.341. The van der Waals surface area contributed by atoms with Gasteiger partial charge in [-0.1, -0.05) is 0 Å². The zero-order valence-corrected chi connectivity index (χ0v) is 9.82. The lowest BCUT2D eigenvalue weighted by Crippen LogP contribution is -2.44. The molecule has 0 spiro atoms. The van der Waals surface area contributed by atoms with E-state index in [0.717, 1.165) is 31.9 Å². The van der Waals surface area contributed by atoms with E-state index < -0.39 is 0 Å². The van der Waals surface area contributed by atoms with Crippen molar-refractivity contribution >= 4 is 17.8 Å². The SMILES string of the molecule is CN1CCN(c2ccc(F)cc2NC=O)CC1. The van der Waals surface area contributed by atoms with Crippen LogP contribution in [-0.2, 0) is 4.79 Å². The third-order valence-electron chi connectivity index (χ3n) is 3.02. The first-order chi connectivity index (χ1) is 8.20. The van der Waals surface area contributed by atoms with Crippen LogP contribution < -0.4 is 10.2 Å². The first-order valence-corrected chi connectivity index (χ1v) is 5.64. The highest BCUT2D eigenvalue weighted by molar-refractivity contribution is 5.81. The molecular formula is C12H16FN3O. The molecule has 1 N–H and O–H groups in total. The van der Waals surface area contributed by atoms with E-state index in [2.05, 4.69) is 22.2 Å². The van der Waals surface area contributed by atoms with Crippen molar-refractivity contribution in [2.45, 2.75) is 0 Å². The van der Waals surface area contributed by atoms with Crippen LogP contribution in [0.1, 0.15) is 0 Å². The Kier molecular flexibility index (Phi) is 3.58. The number of benzene rings is 1. The second-order valence-corrected chi connectivity index (χ2v) is 4.21. The zero-order chi connectivity index (χ0) is 12.3. The van der Waals surface area contributed by atoms with E-state index in [4.69, 9.17) is 0 Å². The molecule has 1 aliphatic rings. The maximum atomic E-state index is 13.1. The number of nitrogens with one attached hydrogen (secondary N) is 1. The van der Waals surface area contributed by atoms with Crippen molar-refractivity contribution in [1.82, 2.24) is 4.90 Å². The van der Waals surface area contributed by atoms with Crippen molar-refractivity contribution in [3.63, 3.8) is 0 Å². The summed E-state index contributed by atoms with van der Waals surface area (Å²) in [7, 11) is 2.08. The lowest BCUT2D eigenvalue weighted by Gasteiger charge is -2.34. The van der Waals surface area contributed by atoms with Crippen molar-refractivity contribution in [2.24, 2.45) is 0 Å². The van der Waals surface area contributed by atoms with Gasteiger partial charge in [-0.15, -0.1) is 0 Å². The molecule has 1 aliphatic heterocycles. The van der Waals surface area contributed by atoms with Crippen molar-refractivity contribution in [2.75, 3.05) is 43.4 Å². The minimum Gasteiger partial charge on any atom is -0.367 e. The summed E-state index contributed by atoms with van der Waals surface area (Å²) in [6, 6.07) is 4.48. The number of anilines is 2. The van der Waals surface area contributed by atoms with Crippen LogP contribution >= 0.6 is 0 Å². The third-order valence-corrected chi connectivity index (χ3v) is 3.02. The molecule has 1 aromatic rings. The zero-order valence-electron chi connectivity index (χ0n) is 9.82. The van der Waals surface area contributed by atoms with Gasteiger partial charge < -0.3 is 15.1 Å². The summed E-state index contributed by atoms with van der Waals surface area (Å²) in [5.41, 5.74) is 1.41. The minimum absolute atomic E-state index is 0.341. The fourth-order valence-electron chi connectivity index (χ4n) is 2.01. The van der Waals surface area contributed by atoms with E-state index in [9.17, 15) is 9.18 Å². The lowest BCUT2D eigenvalue weighted by atomic mass is 10.2. The van der Waals surface area contributed by atoms with Crippen molar-refractivity contribution in [1.29, 1.82) is 0 Å². The molecule has 0 unspecified atom stereocenters. The van der Waals surface area contributed by atoms with E-state index in [-0.39, 0.29) is 5.82 Å². The predicted molar refractivity (Wildman–Crippen MR) is 65.8 cm³/mol. The Labute approximate surface area is 100 Å². The van der Waals surface area contributed by atoms with Gasteiger partial charge in [-0.3, -0.25) is 4.79 Å². The van der Waals surface area contributed by atoms with Gasteiger partial charge in [-0.2, -0.15) is 0 Å². The van der Waals surface area contributed by atoms with E-state index in [1.165, 1.54) is 12.1 Å². The Bertz CT molecular complexity index is 403. The lowest BCUT2D eigenvalue weighted by molar-refractivity contribution is -0.105. The summed E-state index contributed by atoms with van der Waals surface area (Å²) in [5, 5.41) is 2.55. The van der Waals surface area contributed by atoms with Crippen molar-refractivity contribution in [3.8, 4) is 0 Å². The van der Waals surface area contributed by atoms with E-state index in [0.29, 0.717) is 12.1 Å². The van der Waals surface area contributed by atoms with Crippen LogP contribution in [0.15, 0.2) is 18.2 Å². The van der Waals surface area contributed by atoms with E-state index in [1.54, 1.807) is 6.07 Å². The Morgan fingerprint density at radius 3 is 2.65 bits per heavy atom. The molecule has 0 saturated carbocycles. The summed E-state index contributed by atoms with van der Waals surface area (Å²) < 4.78 is 13.1. The normalized spacial score (nSPS) is 16.9. The number of rotatable bonds is 3. The number of amides is 1. The monoisotopic (exact) mass is 237 g/mol. The predicted octanol–water partition coefficient (Wildman–Crippen LogP) is 1.15. The number of carbonyl (C=O) groups excluding carboxylic acids is 1. The molecule has 1 saturated heterocycles. The molecule has 17 heavy (non-hydrogen) atoms. The van der Waals surface area contributed by atoms with Gasteiger partial charge in [0.2, 0.25) is 6.41 Å². The summed E-state index contributed by atoms with van der Waals surface area (Å²) in [4.78, 5) is 14.9. The van der Waals surface area contributed by atoms with Gasteiger partial charge in [-0.25, -0.2) is 4.39 Å². The van der Waals surface area contributed by atoms with Gasteiger partial charge in [0.05, 0.1) is 11.4 Å². The Hall–Kier alpha value is -1.62. The summed E-state index contributed by atoms with van der Waals surface area (Å²) in [6.45, 7) is 3.71. The number of carbonyl (C=O) groups is 1. The Morgan fingerprint density at radius 1 is 1.29 bits per heavy atom. The third kappa shape index (κ3) is 2.74. The molecule has 92 valence electrons. The highest BCUT2D eigenvalue weighted by Crippen LogP contribution is 2.27. The quantitative estimate of drug-likeness (QED) is 0.801. The van der Waals surface area contributed by atoms with Crippen LogP contribution in [0.2, 0.25) is 0 Å². The van der Waals surface area contributed by atoms with Crippen LogP contribution in [0.3, 0.4) is 0 Å². The van der Waals surface area contributed by atoms with Gasteiger partial charge in [0.1, 0.15) is 5.82 Å². The maximum absolute atomic E-state index is 13.1. The first kappa shape index (κ1) is 11.9. The number of hydrogen-bond acceptors (Lipinski definition) is 3. The van der Waals surface area contributed by atoms with Crippen LogP contribution in [0.4, 0.5) is 15.8 Å². The molecule has 0 aliphatic carbocycles. The van der Waals surface area contributed by atoms with Gasteiger partial charge in [0.15, 0.2) is 0 Å². The van der Waals surface area contributed by atoms with E-state index >= 15 is 0 Å². The number of halogens is 1. The highest BCUT2D eigenvalue weighted by Gasteiger charge is 2.17. The largest absolute Gasteiger partial charge is 0.367 e. The molecule has 1 fully saturated rings. The van der Waals surface area contributed by atoms with Crippen molar-refractivity contribution < 1.29 is 9.18 Å². The highest BCUT2D eigenvalue weighted by atomic mass is 19.1. The van der Waals surface area contributed by atoms with Gasteiger partial charge in [0, 0.05) is 26.2 Å². The van der Waals surface area contributed by atoms with Crippen molar-refractivity contribution in [3.05, 3.63) is 24.0 Å². The molecular weight excluding hydrogens is 221 g/mol. The number of likely N-dealkylation sites (N-methyl/N-ethyl adjacent to an activating group) is 1. The second kappa shape index (κ2) is 5.14. The Morgan fingerprint density at radius 2 is 2.00 bits per heavy atom. The van der Waals surface area contributed by atoms with Crippen LogP contribution in [0.25, 0.3) is 0 Å². The molecule has 0 radical (unpaired) electrons. The average Bonchev–Trinajstić information content (AvgIpc) is 2.31. The Balaban J connectivity index is 2.21. The second-order valence-electron chi connectivity index (χ2n) is 4.21. The van der Waals surface area contributed by atoms with E-state index in [1.807, 2.05) is 0 Å². The molecule has 4 nitrogen and oxygen atoms in total. The smallest absolute Gasteiger partial charge is 0.211 e. The van der Waals surface area contributed by atoms with Gasteiger partial charge >= 0.3 is 0 Å². The number of piperazine rings is 1. The van der Waals surface area contributed by atoms with Crippen LogP contribution in [0.5, 0.6) is 0 Å². The molecule has 0 aromatic heterocycles. The molecule has 2 rings (SSSR count). The van der Waals surface area contributed by atoms with Gasteiger partial charge in [-0.05, 0) is 25.2 Å². The molecule has 1 aromatic carbocycles. The standard InChI is InChI=1S/C12H16FN3O/c1-15-4-6-16(7-5-15)12-3-2-10(13)8-11(12)14-9-17/h2-3,8-9H,4-7H2,1H3,(H,14,17). The molecule has 1 amide bonds. The van der Waals surface area contributed by atoms with Crippen LogP contribution in [-0.4, -0.2) is 44.5 Å². The average molecular weight is 237 g/mol. The fourth-order valence-corrected chi connectivity index (χ4v) is 2.01. The molecule has 0 atom stereocenters. The molecule has 0 bridgehead atoms. The number of nitrogens with zero attached hydrogens (tertiary/aromatic N) is 2.